The van der Waals surface area contributed by atoms with Gasteiger partial charge in [0, 0.05) is 0 Å². The molecule has 0 heterocycles. The highest BCUT2D eigenvalue weighted by Crippen LogP contribution is 2.24. The van der Waals surface area contributed by atoms with Gasteiger partial charge in [-0.15, -0.1) is 0 Å². The van der Waals surface area contributed by atoms with Crippen LogP contribution in [-0.4, -0.2) is 13.1 Å². The van der Waals surface area contributed by atoms with Gasteiger partial charge in [0.1, 0.15) is 5.82 Å². The van der Waals surface area contributed by atoms with Gasteiger partial charge in [-0.25, -0.2) is 4.39 Å². The molecule has 1 unspecified atom stereocenters. The normalized spacial score (nSPS) is 13.1. The van der Waals surface area contributed by atoms with Gasteiger partial charge < -0.3 is 11.5 Å². The Labute approximate surface area is 96.8 Å². The third kappa shape index (κ3) is 3.29. The largest absolute Gasteiger partial charge is 0.330 e. The van der Waals surface area contributed by atoms with E-state index in [9.17, 15) is 4.39 Å². The lowest BCUT2D eigenvalue weighted by Gasteiger charge is -2.18. The molecule has 2 nitrogen and oxygen atoms in total. The molecule has 0 bridgehead atoms. The topological polar surface area (TPSA) is 52.0 Å². The Kier molecular flexibility index (Phi) is 4.90. The summed E-state index contributed by atoms with van der Waals surface area (Å²) in [5, 5.41) is 0. The van der Waals surface area contributed by atoms with E-state index in [-0.39, 0.29) is 5.82 Å². The molecule has 0 spiro atoms. The van der Waals surface area contributed by atoms with Gasteiger partial charge in [0.15, 0.2) is 0 Å². The summed E-state index contributed by atoms with van der Waals surface area (Å²) in [6.45, 7) is 5.14. The summed E-state index contributed by atoms with van der Waals surface area (Å²) in [6.07, 6.45) is 0.956. The second-order valence-electron chi connectivity index (χ2n) is 4.48. The lowest BCUT2D eigenvalue weighted by atomic mass is 9.89. The summed E-state index contributed by atoms with van der Waals surface area (Å²) in [7, 11) is 0. The van der Waals surface area contributed by atoms with E-state index >= 15 is 0 Å². The fourth-order valence-corrected chi connectivity index (χ4v) is 1.90. The van der Waals surface area contributed by atoms with Gasteiger partial charge >= 0.3 is 0 Å². The second kappa shape index (κ2) is 5.97. The number of hydrogen-bond acceptors (Lipinski definition) is 2. The monoisotopic (exact) mass is 224 g/mol. The summed E-state index contributed by atoms with van der Waals surface area (Å²) in [5.74, 6) is 0.571. The third-order valence-electron chi connectivity index (χ3n) is 3.10. The first-order valence-electron chi connectivity index (χ1n) is 5.74. The van der Waals surface area contributed by atoms with Crippen LogP contribution in [0, 0.1) is 18.7 Å². The van der Waals surface area contributed by atoms with E-state index < -0.39 is 0 Å². The van der Waals surface area contributed by atoms with Crippen molar-refractivity contribution >= 4 is 0 Å². The maximum absolute atomic E-state index is 13.1. The van der Waals surface area contributed by atoms with Gasteiger partial charge in [-0.3, -0.25) is 0 Å². The molecule has 0 saturated heterocycles. The highest BCUT2D eigenvalue weighted by Gasteiger charge is 2.13. The van der Waals surface area contributed by atoms with Crippen molar-refractivity contribution in [2.75, 3.05) is 13.1 Å². The lowest BCUT2D eigenvalue weighted by molar-refractivity contribution is 0.465. The van der Waals surface area contributed by atoms with Gasteiger partial charge in [0.05, 0.1) is 0 Å². The smallest absolute Gasteiger partial charge is 0.126 e. The summed E-state index contributed by atoms with van der Waals surface area (Å²) >= 11 is 0. The average molecular weight is 224 g/mol. The minimum Gasteiger partial charge on any atom is -0.330 e. The van der Waals surface area contributed by atoms with Crippen molar-refractivity contribution < 1.29 is 4.39 Å². The maximum Gasteiger partial charge on any atom is 0.126 e. The molecule has 0 radical (unpaired) electrons. The van der Waals surface area contributed by atoms with Crippen LogP contribution in [0.25, 0.3) is 0 Å². The highest BCUT2D eigenvalue weighted by atomic mass is 19.1. The number of halogens is 1. The molecule has 1 aromatic rings. The zero-order valence-electron chi connectivity index (χ0n) is 10.0. The summed E-state index contributed by atoms with van der Waals surface area (Å²) in [6, 6.07) is 5.28. The minimum atomic E-state index is -0.148. The quantitative estimate of drug-likeness (QED) is 0.805. The van der Waals surface area contributed by atoms with Crippen LogP contribution < -0.4 is 11.5 Å². The van der Waals surface area contributed by atoms with E-state index in [1.165, 1.54) is 6.07 Å². The van der Waals surface area contributed by atoms with Crippen molar-refractivity contribution in [1.82, 2.24) is 0 Å². The molecule has 4 N–H and O–H groups in total. The van der Waals surface area contributed by atoms with E-state index in [0.717, 1.165) is 12.0 Å². The standard InChI is InChI=1S/C13H21FN2/c1-9(5-11(7-15)8-16)12-3-4-13(14)10(2)6-12/h3-4,6,9,11H,5,7-8,15-16H2,1-2H3. The van der Waals surface area contributed by atoms with Gasteiger partial charge in [-0.2, -0.15) is 0 Å². The Morgan fingerprint density at radius 3 is 2.38 bits per heavy atom. The van der Waals surface area contributed by atoms with Crippen molar-refractivity contribution in [1.29, 1.82) is 0 Å². The molecule has 1 rings (SSSR count). The van der Waals surface area contributed by atoms with E-state index in [1.54, 1.807) is 6.92 Å². The molecule has 0 fully saturated rings. The van der Waals surface area contributed by atoms with Crippen LogP contribution >= 0.6 is 0 Å². The summed E-state index contributed by atoms with van der Waals surface area (Å²) in [5.41, 5.74) is 13.1. The van der Waals surface area contributed by atoms with Crippen molar-refractivity contribution in [3.05, 3.63) is 35.1 Å². The van der Waals surface area contributed by atoms with Crippen LogP contribution in [0.5, 0.6) is 0 Å². The molecule has 0 amide bonds. The Morgan fingerprint density at radius 2 is 1.88 bits per heavy atom. The molecule has 0 aromatic heterocycles. The second-order valence-corrected chi connectivity index (χ2v) is 4.48. The predicted molar refractivity (Wildman–Crippen MR) is 65.8 cm³/mol. The van der Waals surface area contributed by atoms with Crippen LogP contribution in [0.15, 0.2) is 18.2 Å². The number of benzene rings is 1. The molecule has 90 valence electrons. The Morgan fingerprint density at radius 1 is 1.25 bits per heavy atom. The zero-order chi connectivity index (χ0) is 12.1. The number of rotatable bonds is 5. The number of nitrogens with two attached hydrogens (primary N) is 2. The summed E-state index contributed by atoms with van der Waals surface area (Å²) in [4.78, 5) is 0. The van der Waals surface area contributed by atoms with Crippen LogP contribution in [0.4, 0.5) is 4.39 Å². The highest BCUT2D eigenvalue weighted by molar-refractivity contribution is 5.26. The zero-order valence-corrected chi connectivity index (χ0v) is 10.0. The molecule has 1 aromatic carbocycles. The van der Waals surface area contributed by atoms with E-state index in [4.69, 9.17) is 11.5 Å². The fraction of sp³-hybridized carbons (Fsp3) is 0.538. The van der Waals surface area contributed by atoms with Crippen molar-refractivity contribution in [2.45, 2.75) is 26.2 Å². The van der Waals surface area contributed by atoms with Crippen LogP contribution in [-0.2, 0) is 0 Å². The van der Waals surface area contributed by atoms with E-state index in [1.807, 2.05) is 12.1 Å². The molecule has 0 aliphatic heterocycles. The maximum atomic E-state index is 13.1. The van der Waals surface area contributed by atoms with Gasteiger partial charge in [-0.1, -0.05) is 19.1 Å². The molecular weight excluding hydrogens is 203 g/mol. The molecule has 0 aliphatic carbocycles. The van der Waals surface area contributed by atoms with Crippen LogP contribution in [0.3, 0.4) is 0 Å². The lowest BCUT2D eigenvalue weighted by Crippen LogP contribution is -2.24. The predicted octanol–water partition coefficient (Wildman–Crippen LogP) is 2.16. The minimum absolute atomic E-state index is 0.148. The molecular formula is C13H21FN2. The van der Waals surface area contributed by atoms with E-state index in [2.05, 4.69) is 6.92 Å². The average Bonchev–Trinajstić information content (AvgIpc) is 2.29. The van der Waals surface area contributed by atoms with Crippen molar-refractivity contribution in [3.63, 3.8) is 0 Å². The molecule has 0 aliphatic rings. The van der Waals surface area contributed by atoms with Gasteiger partial charge in [-0.05, 0) is 55.5 Å². The van der Waals surface area contributed by atoms with Crippen molar-refractivity contribution in [2.24, 2.45) is 17.4 Å². The summed E-state index contributed by atoms with van der Waals surface area (Å²) < 4.78 is 13.1. The first-order chi connectivity index (χ1) is 7.58. The first kappa shape index (κ1) is 13.1. The Hall–Kier alpha value is -0.930. The Bertz CT molecular complexity index is 335. The SMILES string of the molecule is Cc1cc(C(C)CC(CN)CN)ccc1F. The van der Waals surface area contributed by atoms with E-state index in [0.29, 0.717) is 30.5 Å². The fourth-order valence-electron chi connectivity index (χ4n) is 1.90. The van der Waals surface area contributed by atoms with Crippen LogP contribution in [0.1, 0.15) is 30.4 Å². The van der Waals surface area contributed by atoms with Crippen LogP contribution in [0.2, 0.25) is 0 Å². The molecule has 0 saturated carbocycles. The van der Waals surface area contributed by atoms with Crippen molar-refractivity contribution in [3.8, 4) is 0 Å². The van der Waals surface area contributed by atoms with Gasteiger partial charge in [0.25, 0.3) is 0 Å². The first-order valence-corrected chi connectivity index (χ1v) is 5.74. The molecule has 3 heteroatoms. The number of hydrogen-bond donors (Lipinski definition) is 2. The van der Waals surface area contributed by atoms with Gasteiger partial charge in [0.2, 0.25) is 0 Å². The molecule has 16 heavy (non-hydrogen) atoms. The third-order valence-corrected chi connectivity index (χ3v) is 3.10. The Balaban J connectivity index is 2.72. The molecule has 1 atom stereocenters. The number of aryl methyl sites for hydroxylation is 1.